The minimum Gasteiger partial charge on any atom is -0.497 e. The largest absolute Gasteiger partial charge is 0.497 e. The highest BCUT2D eigenvalue weighted by molar-refractivity contribution is 5.99. The highest BCUT2D eigenvalue weighted by Gasteiger charge is 2.48. The van der Waals surface area contributed by atoms with Crippen LogP contribution in [-0.2, 0) is 20.8 Å². The Hall–Kier alpha value is -3.03. The fourth-order valence-electron chi connectivity index (χ4n) is 4.71. The first-order valence-corrected chi connectivity index (χ1v) is 10.3. The van der Waals surface area contributed by atoms with Crippen LogP contribution in [0.2, 0.25) is 0 Å². The van der Waals surface area contributed by atoms with Gasteiger partial charge in [-0.15, -0.1) is 0 Å². The molecule has 1 aromatic heterocycles. The molecule has 160 valence electrons. The van der Waals surface area contributed by atoms with Crippen molar-refractivity contribution in [2.75, 3.05) is 7.11 Å². The number of aromatic amines is 1. The fraction of sp³-hybridized carbons (Fsp3) is 0.500. The van der Waals surface area contributed by atoms with Crippen molar-refractivity contribution in [3.63, 3.8) is 0 Å². The minimum atomic E-state index is -0.983. The summed E-state index contributed by atoms with van der Waals surface area (Å²) in [4.78, 5) is 42.4. The number of H-pyrrole nitrogens is 1. The van der Waals surface area contributed by atoms with Gasteiger partial charge in [-0.1, -0.05) is 13.8 Å². The number of fused-ring (bicyclic) bond motifs is 4. The molecule has 8 heteroatoms. The van der Waals surface area contributed by atoms with Gasteiger partial charge < -0.3 is 25.0 Å². The number of rotatable bonds is 6. The molecule has 3 atom stereocenters. The van der Waals surface area contributed by atoms with Gasteiger partial charge in [0.25, 0.3) is 0 Å². The van der Waals surface area contributed by atoms with Crippen LogP contribution >= 0.6 is 0 Å². The summed E-state index contributed by atoms with van der Waals surface area (Å²) in [5, 5.41) is 12.8. The SMILES string of the molecule is COc1ccc2c3c([nH]c2c1)[C@H](CC(C)C)N1C(=O)[C@H](CCC(=O)O)NC(=O)[C@@H]1C3. The standard InChI is InChI=1S/C22H27N3O5/c1-11(2)8-17-20-14(13-5-4-12(30-3)9-16(13)23-20)10-18-21(28)24-15(6-7-19(26)27)22(29)25(17)18/h4-5,9,11,15,17-18,23H,6-8,10H2,1-3H3,(H,24,28)(H,26,27)/t15-,17-,18-/m0/s1. The Morgan fingerprint density at radius 1 is 1.33 bits per heavy atom. The van der Waals surface area contributed by atoms with Gasteiger partial charge in [0.2, 0.25) is 11.8 Å². The fourth-order valence-corrected chi connectivity index (χ4v) is 4.71. The highest BCUT2D eigenvalue weighted by atomic mass is 16.5. The summed E-state index contributed by atoms with van der Waals surface area (Å²) in [6.07, 6.45) is 1.06. The van der Waals surface area contributed by atoms with Crippen LogP contribution in [0.15, 0.2) is 18.2 Å². The number of nitrogens with one attached hydrogen (secondary N) is 2. The summed E-state index contributed by atoms with van der Waals surface area (Å²) in [5.41, 5.74) is 2.94. The molecule has 2 aliphatic heterocycles. The van der Waals surface area contributed by atoms with E-state index in [1.807, 2.05) is 18.2 Å². The zero-order valence-electron chi connectivity index (χ0n) is 17.4. The average Bonchev–Trinajstić information content (AvgIpc) is 3.06. The van der Waals surface area contributed by atoms with Crippen molar-refractivity contribution in [1.82, 2.24) is 15.2 Å². The molecule has 0 aliphatic carbocycles. The van der Waals surface area contributed by atoms with Gasteiger partial charge in [0.1, 0.15) is 17.8 Å². The van der Waals surface area contributed by atoms with E-state index in [2.05, 4.69) is 24.1 Å². The lowest BCUT2D eigenvalue weighted by Crippen LogP contribution is -2.65. The Morgan fingerprint density at radius 3 is 2.77 bits per heavy atom. The third-order valence-electron chi connectivity index (χ3n) is 6.06. The van der Waals surface area contributed by atoms with Crippen LogP contribution in [-0.4, -0.2) is 52.0 Å². The van der Waals surface area contributed by atoms with Crippen molar-refractivity contribution in [2.45, 2.75) is 57.7 Å². The molecule has 2 aromatic rings. The maximum Gasteiger partial charge on any atom is 0.303 e. The summed E-state index contributed by atoms with van der Waals surface area (Å²) in [5.74, 6) is -0.358. The number of ether oxygens (including phenoxy) is 1. The van der Waals surface area contributed by atoms with Crippen molar-refractivity contribution in [3.8, 4) is 5.75 Å². The number of carboxylic acids is 1. The van der Waals surface area contributed by atoms with E-state index >= 15 is 0 Å². The van der Waals surface area contributed by atoms with Gasteiger partial charge in [-0.25, -0.2) is 0 Å². The number of nitrogens with zero attached hydrogens (tertiary/aromatic N) is 1. The van der Waals surface area contributed by atoms with E-state index in [4.69, 9.17) is 9.84 Å². The molecule has 2 amide bonds. The molecule has 2 aliphatic rings. The number of carbonyl (C=O) groups excluding carboxylic acids is 2. The molecule has 8 nitrogen and oxygen atoms in total. The maximum atomic E-state index is 13.3. The summed E-state index contributed by atoms with van der Waals surface area (Å²) in [6, 6.07) is 4.17. The molecule has 1 aromatic carbocycles. The van der Waals surface area contributed by atoms with E-state index in [0.29, 0.717) is 18.8 Å². The smallest absolute Gasteiger partial charge is 0.303 e. The molecule has 0 unspecified atom stereocenters. The second-order valence-corrected chi connectivity index (χ2v) is 8.53. The molecule has 0 spiro atoms. The zero-order valence-corrected chi connectivity index (χ0v) is 17.4. The average molecular weight is 413 g/mol. The highest BCUT2D eigenvalue weighted by Crippen LogP contribution is 2.42. The molecule has 30 heavy (non-hydrogen) atoms. The Labute approximate surface area is 174 Å². The van der Waals surface area contributed by atoms with Gasteiger partial charge in [-0.2, -0.15) is 0 Å². The normalized spacial score (nSPS) is 23.3. The minimum absolute atomic E-state index is 0.0916. The number of aromatic nitrogens is 1. The van der Waals surface area contributed by atoms with Gasteiger partial charge in [0.05, 0.1) is 13.2 Å². The molecule has 1 saturated heterocycles. The Morgan fingerprint density at radius 2 is 2.10 bits per heavy atom. The van der Waals surface area contributed by atoms with Gasteiger partial charge >= 0.3 is 5.97 Å². The molecule has 4 rings (SSSR count). The van der Waals surface area contributed by atoms with Crippen molar-refractivity contribution >= 4 is 28.7 Å². The molecule has 0 saturated carbocycles. The second-order valence-electron chi connectivity index (χ2n) is 8.53. The van der Waals surface area contributed by atoms with E-state index in [9.17, 15) is 14.4 Å². The monoisotopic (exact) mass is 413 g/mol. The lowest BCUT2D eigenvalue weighted by Gasteiger charge is -2.46. The number of aliphatic carboxylic acids is 1. The first-order valence-electron chi connectivity index (χ1n) is 10.3. The number of carboxylic acid groups (broad SMARTS) is 1. The van der Waals surface area contributed by atoms with Crippen LogP contribution in [0.1, 0.15) is 50.4 Å². The topological polar surface area (TPSA) is 112 Å². The number of methoxy groups -OCH3 is 1. The molecule has 3 N–H and O–H groups in total. The summed E-state index contributed by atoms with van der Waals surface area (Å²) in [7, 11) is 1.62. The third-order valence-corrected chi connectivity index (χ3v) is 6.06. The number of hydrogen-bond acceptors (Lipinski definition) is 4. The summed E-state index contributed by atoms with van der Waals surface area (Å²) >= 11 is 0. The van der Waals surface area contributed by atoms with Crippen LogP contribution in [0, 0.1) is 5.92 Å². The molecule has 1 fully saturated rings. The lowest BCUT2D eigenvalue weighted by molar-refractivity contribution is -0.154. The van der Waals surface area contributed by atoms with Gasteiger partial charge in [0.15, 0.2) is 0 Å². The van der Waals surface area contributed by atoms with Crippen molar-refractivity contribution < 1.29 is 24.2 Å². The van der Waals surface area contributed by atoms with Crippen LogP contribution in [0.5, 0.6) is 5.75 Å². The van der Waals surface area contributed by atoms with E-state index in [-0.39, 0.29) is 30.7 Å². The van der Waals surface area contributed by atoms with Crippen LogP contribution in [0.4, 0.5) is 0 Å². The van der Waals surface area contributed by atoms with E-state index in [0.717, 1.165) is 27.9 Å². The van der Waals surface area contributed by atoms with Gasteiger partial charge in [-0.05, 0) is 36.5 Å². The van der Waals surface area contributed by atoms with Crippen molar-refractivity contribution in [1.29, 1.82) is 0 Å². The number of amides is 2. The first-order chi connectivity index (χ1) is 14.3. The predicted molar refractivity (Wildman–Crippen MR) is 110 cm³/mol. The molecule has 3 heterocycles. The number of benzene rings is 1. The zero-order chi connectivity index (χ0) is 21.6. The summed E-state index contributed by atoms with van der Waals surface area (Å²) in [6.45, 7) is 4.18. The third kappa shape index (κ3) is 3.40. The second kappa shape index (κ2) is 7.66. The van der Waals surface area contributed by atoms with Crippen LogP contribution in [0.3, 0.4) is 0 Å². The maximum absolute atomic E-state index is 13.3. The predicted octanol–water partition coefficient (Wildman–Crippen LogP) is 2.38. The van der Waals surface area contributed by atoms with E-state index in [1.54, 1.807) is 12.0 Å². The summed E-state index contributed by atoms with van der Waals surface area (Å²) < 4.78 is 5.34. The van der Waals surface area contributed by atoms with Crippen molar-refractivity contribution in [3.05, 3.63) is 29.5 Å². The van der Waals surface area contributed by atoms with Crippen LogP contribution in [0.25, 0.3) is 10.9 Å². The van der Waals surface area contributed by atoms with Crippen LogP contribution < -0.4 is 10.1 Å². The number of hydrogen-bond donors (Lipinski definition) is 3. The molecule has 0 radical (unpaired) electrons. The molecular weight excluding hydrogens is 386 g/mol. The Kier molecular flexibility index (Phi) is 5.17. The molecule has 0 bridgehead atoms. The number of piperazine rings is 1. The molecular formula is C22H27N3O5. The lowest BCUT2D eigenvalue weighted by atomic mass is 9.85. The van der Waals surface area contributed by atoms with E-state index in [1.165, 1.54) is 0 Å². The Balaban J connectivity index is 1.78. The number of carbonyl (C=O) groups is 3. The van der Waals surface area contributed by atoms with Gasteiger partial charge in [-0.3, -0.25) is 14.4 Å². The van der Waals surface area contributed by atoms with Crippen molar-refractivity contribution in [2.24, 2.45) is 5.92 Å². The Bertz CT molecular complexity index is 1010. The van der Waals surface area contributed by atoms with Gasteiger partial charge in [0, 0.05) is 35.5 Å². The van der Waals surface area contributed by atoms with E-state index < -0.39 is 18.1 Å². The quantitative estimate of drug-likeness (QED) is 0.673. The first kappa shape index (κ1) is 20.3.